The highest BCUT2D eigenvalue weighted by Crippen LogP contribution is 2.38. The van der Waals surface area contributed by atoms with Crippen LogP contribution in [-0.2, 0) is 4.79 Å². The van der Waals surface area contributed by atoms with Crippen LogP contribution in [0.5, 0.6) is 0 Å². The number of nitrogens with zero attached hydrogens (tertiary/aromatic N) is 3. The molecular weight excluding hydrogens is 260 g/mol. The van der Waals surface area contributed by atoms with Gasteiger partial charge < -0.3 is 9.88 Å². The standard InChI is InChI=1S/C13H20N4OS/c1-9(12(18)15-10-4-2-3-5-10)19-13-16-14-8-17(13)11-6-7-11/h8-11H,2-7H2,1H3,(H,15,18). The summed E-state index contributed by atoms with van der Waals surface area (Å²) in [7, 11) is 0. The van der Waals surface area contributed by atoms with Gasteiger partial charge in [0.2, 0.25) is 5.91 Å². The quantitative estimate of drug-likeness (QED) is 0.840. The molecule has 6 heteroatoms. The van der Waals surface area contributed by atoms with Gasteiger partial charge in [-0.05, 0) is 32.6 Å². The Morgan fingerprint density at radius 2 is 2.16 bits per heavy atom. The van der Waals surface area contributed by atoms with Crippen LogP contribution in [0.4, 0.5) is 0 Å². The normalized spacial score (nSPS) is 21.5. The minimum Gasteiger partial charge on any atom is -0.352 e. The number of amides is 1. The van der Waals surface area contributed by atoms with Crippen molar-refractivity contribution in [2.75, 3.05) is 0 Å². The zero-order valence-electron chi connectivity index (χ0n) is 11.2. The number of carbonyl (C=O) groups is 1. The van der Waals surface area contributed by atoms with E-state index in [1.165, 1.54) is 37.4 Å². The van der Waals surface area contributed by atoms with E-state index in [1.807, 2.05) is 6.92 Å². The molecule has 0 bridgehead atoms. The van der Waals surface area contributed by atoms with Gasteiger partial charge in [0.1, 0.15) is 6.33 Å². The monoisotopic (exact) mass is 280 g/mol. The van der Waals surface area contributed by atoms with Crippen molar-refractivity contribution in [3.8, 4) is 0 Å². The predicted octanol–water partition coefficient (Wildman–Crippen LogP) is 2.15. The van der Waals surface area contributed by atoms with Crippen molar-refractivity contribution in [1.82, 2.24) is 20.1 Å². The molecule has 2 fully saturated rings. The number of rotatable bonds is 5. The summed E-state index contributed by atoms with van der Waals surface area (Å²) in [5, 5.41) is 12.0. The summed E-state index contributed by atoms with van der Waals surface area (Å²) < 4.78 is 2.10. The molecule has 0 aliphatic heterocycles. The molecule has 1 atom stereocenters. The minimum absolute atomic E-state index is 0.109. The smallest absolute Gasteiger partial charge is 0.233 e. The third-order valence-electron chi connectivity index (χ3n) is 3.83. The fraction of sp³-hybridized carbons (Fsp3) is 0.769. The molecule has 2 saturated carbocycles. The number of aromatic nitrogens is 3. The van der Waals surface area contributed by atoms with Gasteiger partial charge in [-0.1, -0.05) is 24.6 Å². The van der Waals surface area contributed by atoms with Crippen LogP contribution in [-0.4, -0.2) is 32.0 Å². The van der Waals surface area contributed by atoms with Gasteiger partial charge in [0.25, 0.3) is 0 Å². The molecule has 104 valence electrons. The van der Waals surface area contributed by atoms with Crippen LogP contribution in [0, 0.1) is 0 Å². The first-order chi connectivity index (χ1) is 9.24. The van der Waals surface area contributed by atoms with E-state index in [0.717, 1.165) is 18.0 Å². The van der Waals surface area contributed by atoms with E-state index in [2.05, 4.69) is 20.1 Å². The van der Waals surface area contributed by atoms with E-state index in [4.69, 9.17) is 0 Å². The van der Waals surface area contributed by atoms with Gasteiger partial charge in [-0.2, -0.15) is 0 Å². The van der Waals surface area contributed by atoms with Crippen molar-refractivity contribution >= 4 is 17.7 Å². The van der Waals surface area contributed by atoms with Crippen LogP contribution in [0.25, 0.3) is 0 Å². The fourth-order valence-corrected chi connectivity index (χ4v) is 3.42. The summed E-state index contributed by atoms with van der Waals surface area (Å²) in [4.78, 5) is 12.1. The second-order valence-corrected chi connectivity index (χ2v) is 6.81. The summed E-state index contributed by atoms with van der Waals surface area (Å²) in [5.41, 5.74) is 0. The van der Waals surface area contributed by atoms with Crippen LogP contribution in [0.2, 0.25) is 0 Å². The Labute approximate surface area is 117 Å². The van der Waals surface area contributed by atoms with Crippen molar-refractivity contribution in [3.63, 3.8) is 0 Å². The summed E-state index contributed by atoms with van der Waals surface area (Å²) in [6, 6.07) is 0.944. The Hall–Kier alpha value is -1.04. The van der Waals surface area contributed by atoms with E-state index in [9.17, 15) is 4.79 Å². The second-order valence-electron chi connectivity index (χ2n) is 5.50. The number of thioether (sulfide) groups is 1. The molecule has 1 unspecified atom stereocenters. The van der Waals surface area contributed by atoms with Gasteiger partial charge in [0.05, 0.1) is 5.25 Å². The van der Waals surface area contributed by atoms with Crippen molar-refractivity contribution < 1.29 is 4.79 Å². The fourth-order valence-electron chi connectivity index (χ4n) is 2.52. The maximum Gasteiger partial charge on any atom is 0.233 e. The lowest BCUT2D eigenvalue weighted by atomic mass is 10.2. The van der Waals surface area contributed by atoms with Crippen LogP contribution in [0.15, 0.2) is 11.5 Å². The Bertz CT molecular complexity index is 451. The summed E-state index contributed by atoms with van der Waals surface area (Å²) >= 11 is 1.51. The molecule has 0 spiro atoms. The Morgan fingerprint density at radius 3 is 2.84 bits per heavy atom. The van der Waals surface area contributed by atoms with Crippen LogP contribution in [0.1, 0.15) is 51.5 Å². The molecule has 1 amide bonds. The Balaban J connectivity index is 1.55. The third kappa shape index (κ3) is 3.11. The van der Waals surface area contributed by atoms with Gasteiger partial charge >= 0.3 is 0 Å². The Kier molecular flexibility index (Phi) is 3.77. The summed E-state index contributed by atoms with van der Waals surface area (Å²) in [6.07, 6.45) is 8.91. The van der Waals surface area contributed by atoms with Gasteiger partial charge in [-0.15, -0.1) is 10.2 Å². The molecule has 19 heavy (non-hydrogen) atoms. The lowest BCUT2D eigenvalue weighted by molar-refractivity contribution is -0.120. The Morgan fingerprint density at radius 1 is 1.42 bits per heavy atom. The molecule has 1 N–H and O–H groups in total. The number of nitrogens with one attached hydrogen (secondary N) is 1. The molecule has 2 aliphatic carbocycles. The summed E-state index contributed by atoms with van der Waals surface area (Å²) in [5.74, 6) is 0.127. The molecule has 5 nitrogen and oxygen atoms in total. The van der Waals surface area contributed by atoms with Crippen LogP contribution >= 0.6 is 11.8 Å². The third-order valence-corrected chi connectivity index (χ3v) is 4.90. The molecule has 0 aromatic carbocycles. The van der Waals surface area contributed by atoms with E-state index >= 15 is 0 Å². The van der Waals surface area contributed by atoms with Gasteiger partial charge in [-0.25, -0.2) is 0 Å². The van der Waals surface area contributed by atoms with Gasteiger partial charge in [0.15, 0.2) is 5.16 Å². The zero-order chi connectivity index (χ0) is 13.2. The average Bonchev–Trinajstić information content (AvgIpc) is 2.92. The van der Waals surface area contributed by atoms with Gasteiger partial charge in [-0.3, -0.25) is 4.79 Å². The first-order valence-electron chi connectivity index (χ1n) is 7.10. The van der Waals surface area contributed by atoms with E-state index in [-0.39, 0.29) is 11.2 Å². The largest absolute Gasteiger partial charge is 0.352 e. The molecule has 2 aliphatic rings. The highest BCUT2D eigenvalue weighted by Gasteiger charge is 2.28. The second kappa shape index (κ2) is 5.53. The highest BCUT2D eigenvalue weighted by atomic mass is 32.2. The predicted molar refractivity (Wildman–Crippen MR) is 74.0 cm³/mol. The van der Waals surface area contributed by atoms with Crippen LogP contribution < -0.4 is 5.32 Å². The first-order valence-corrected chi connectivity index (χ1v) is 7.98. The first kappa shape index (κ1) is 13.0. The maximum atomic E-state index is 12.1. The van der Waals surface area contributed by atoms with Crippen LogP contribution in [0.3, 0.4) is 0 Å². The molecule has 3 rings (SSSR count). The molecule has 0 saturated heterocycles. The lowest BCUT2D eigenvalue weighted by Crippen LogP contribution is -2.37. The van der Waals surface area contributed by atoms with Crippen molar-refractivity contribution in [2.24, 2.45) is 0 Å². The number of carbonyl (C=O) groups excluding carboxylic acids is 1. The molecule has 1 heterocycles. The molecule has 0 radical (unpaired) electrons. The van der Waals surface area contributed by atoms with Crippen molar-refractivity contribution in [3.05, 3.63) is 6.33 Å². The maximum absolute atomic E-state index is 12.1. The molecule has 1 aromatic heterocycles. The van der Waals surface area contributed by atoms with Crippen molar-refractivity contribution in [1.29, 1.82) is 0 Å². The van der Waals surface area contributed by atoms with E-state index in [0.29, 0.717) is 12.1 Å². The molecular formula is C13H20N4OS. The van der Waals surface area contributed by atoms with Gasteiger partial charge in [0, 0.05) is 12.1 Å². The van der Waals surface area contributed by atoms with E-state index < -0.39 is 0 Å². The average molecular weight is 280 g/mol. The highest BCUT2D eigenvalue weighted by molar-refractivity contribution is 8.00. The lowest BCUT2D eigenvalue weighted by Gasteiger charge is -2.16. The SMILES string of the molecule is CC(Sc1nncn1C1CC1)C(=O)NC1CCCC1. The van der Waals surface area contributed by atoms with Crippen molar-refractivity contribution in [2.45, 2.75) is 67.9 Å². The minimum atomic E-state index is -0.109. The summed E-state index contributed by atoms with van der Waals surface area (Å²) in [6.45, 7) is 1.95. The number of hydrogen-bond acceptors (Lipinski definition) is 4. The zero-order valence-corrected chi connectivity index (χ0v) is 12.0. The number of hydrogen-bond donors (Lipinski definition) is 1. The van der Waals surface area contributed by atoms with E-state index in [1.54, 1.807) is 6.33 Å². The molecule has 1 aromatic rings. The topological polar surface area (TPSA) is 59.8 Å².